The van der Waals surface area contributed by atoms with Gasteiger partial charge in [0.05, 0.1) is 11.8 Å². The Morgan fingerprint density at radius 2 is 2.09 bits per heavy atom. The van der Waals surface area contributed by atoms with Crippen molar-refractivity contribution >= 4 is 23.4 Å². The lowest BCUT2D eigenvalue weighted by Gasteiger charge is -2.40. The molecule has 0 saturated carbocycles. The van der Waals surface area contributed by atoms with Crippen LogP contribution >= 0.6 is 11.6 Å². The molecule has 1 N–H and O–H groups in total. The monoisotopic (exact) mass is 338 g/mol. The number of hydrogen-bond acceptors (Lipinski definition) is 3. The third-order valence-electron chi connectivity index (χ3n) is 3.48. The molecule has 1 aliphatic rings. The number of nitrogens with one attached hydrogen (secondary N) is 1. The Balaban J connectivity index is 2.25. The van der Waals surface area contributed by atoms with Crippen molar-refractivity contribution in [2.45, 2.75) is 38.0 Å². The topological polar surface area (TPSA) is 62.6 Å². The smallest absolute Gasteiger partial charge is 0.408 e. The molecule has 2 rings (SSSR count). The van der Waals surface area contributed by atoms with Crippen LogP contribution in [-0.4, -0.2) is 41.5 Å². The van der Waals surface area contributed by atoms with Gasteiger partial charge in [-0.15, -0.1) is 0 Å². The fourth-order valence-electron chi connectivity index (χ4n) is 2.54. The van der Waals surface area contributed by atoms with Gasteiger partial charge < -0.3 is 14.6 Å². The third-order valence-corrected chi connectivity index (χ3v) is 3.77. The largest absolute Gasteiger partial charge is 0.452 e. The van der Waals surface area contributed by atoms with Crippen LogP contribution in [0.4, 0.5) is 13.2 Å². The van der Waals surface area contributed by atoms with Crippen molar-refractivity contribution in [3.05, 3.63) is 23.1 Å². The van der Waals surface area contributed by atoms with Crippen LogP contribution in [-0.2, 0) is 4.79 Å². The highest BCUT2D eigenvalue weighted by atomic mass is 35.5. The Hall–Kier alpha value is -1.70. The first-order chi connectivity index (χ1) is 10.2. The molecule has 1 aromatic rings. The number of alkyl halides is 3. The van der Waals surface area contributed by atoms with Gasteiger partial charge >= 0.3 is 6.18 Å². The molecule has 1 aromatic heterocycles. The molecule has 1 aliphatic heterocycles. The first-order valence-corrected chi connectivity index (χ1v) is 6.95. The number of carbonyl (C=O) groups excluding carboxylic acids is 2. The first kappa shape index (κ1) is 16.7. The van der Waals surface area contributed by atoms with Crippen LogP contribution in [0.25, 0.3) is 0 Å². The molecule has 0 aromatic carbocycles. The van der Waals surface area contributed by atoms with Crippen LogP contribution in [0.15, 0.2) is 16.7 Å². The molecule has 2 amide bonds. The quantitative estimate of drug-likeness (QED) is 0.901. The number of furan rings is 1. The van der Waals surface area contributed by atoms with E-state index in [4.69, 9.17) is 16.0 Å². The Kier molecular flexibility index (Phi) is 4.69. The van der Waals surface area contributed by atoms with Crippen molar-refractivity contribution in [1.82, 2.24) is 10.2 Å². The van der Waals surface area contributed by atoms with E-state index in [1.807, 2.05) is 0 Å². The van der Waals surface area contributed by atoms with E-state index in [-0.39, 0.29) is 36.1 Å². The summed E-state index contributed by atoms with van der Waals surface area (Å²) in [5.41, 5.74) is -0.126. The van der Waals surface area contributed by atoms with Crippen molar-refractivity contribution in [1.29, 1.82) is 0 Å². The van der Waals surface area contributed by atoms with Gasteiger partial charge in [-0.1, -0.05) is 0 Å². The summed E-state index contributed by atoms with van der Waals surface area (Å²) >= 11 is 5.67. The second-order valence-electron chi connectivity index (χ2n) is 5.10. The fourth-order valence-corrected chi connectivity index (χ4v) is 2.74. The average Bonchev–Trinajstić information content (AvgIpc) is 2.82. The normalized spacial score (nSPS) is 22.5. The number of piperidine rings is 1. The van der Waals surface area contributed by atoms with E-state index in [2.05, 4.69) is 5.32 Å². The zero-order valence-corrected chi connectivity index (χ0v) is 12.4. The van der Waals surface area contributed by atoms with Gasteiger partial charge in [0.25, 0.3) is 5.91 Å². The predicted octanol–water partition coefficient (Wildman–Crippen LogP) is 2.60. The van der Waals surface area contributed by atoms with Gasteiger partial charge in [0.15, 0.2) is 0 Å². The SMILES string of the molecule is CC(=O)N[C@@H]1CC[C@H](C(F)(F)F)N(C(=O)c2ccoc2Cl)C1. The molecular weight excluding hydrogens is 325 g/mol. The van der Waals surface area contributed by atoms with Crippen molar-refractivity contribution in [2.75, 3.05) is 6.54 Å². The van der Waals surface area contributed by atoms with Crippen LogP contribution in [0.1, 0.15) is 30.1 Å². The summed E-state index contributed by atoms with van der Waals surface area (Å²) in [6.45, 7) is 1.04. The molecular formula is C13H14ClF3N2O3. The third kappa shape index (κ3) is 3.55. The van der Waals surface area contributed by atoms with E-state index in [1.165, 1.54) is 13.0 Å². The maximum Gasteiger partial charge on any atom is 0.408 e. The maximum absolute atomic E-state index is 13.1. The molecule has 22 heavy (non-hydrogen) atoms. The molecule has 0 unspecified atom stereocenters. The maximum atomic E-state index is 13.1. The summed E-state index contributed by atoms with van der Waals surface area (Å²) in [6.07, 6.45) is -3.55. The summed E-state index contributed by atoms with van der Waals surface area (Å²) in [5, 5.41) is 2.29. The van der Waals surface area contributed by atoms with E-state index in [0.29, 0.717) is 4.90 Å². The number of carbonyl (C=O) groups is 2. The molecule has 0 aliphatic carbocycles. The highest BCUT2D eigenvalue weighted by molar-refractivity contribution is 6.32. The van der Waals surface area contributed by atoms with Gasteiger partial charge in [0.2, 0.25) is 11.1 Å². The lowest BCUT2D eigenvalue weighted by molar-refractivity contribution is -0.184. The molecule has 9 heteroatoms. The number of halogens is 4. The van der Waals surface area contributed by atoms with Crippen molar-refractivity contribution in [3.8, 4) is 0 Å². The van der Waals surface area contributed by atoms with Crippen LogP contribution in [0.3, 0.4) is 0 Å². The molecule has 2 heterocycles. The number of rotatable bonds is 2. The minimum Gasteiger partial charge on any atom is -0.452 e. The van der Waals surface area contributed by atoms with E-state index in [9.17, 15) is 22.8 Å². The summed E-state index contributed by atoms with van der Waals surface area (Å²) < 4.78 is 44.2. The van der Waals surface area contributed by atoms with Crippen molar-refractivity contribution in [2.24, 2.45) is 0 Å². The molecule has 1 saturated heterocycles. The van der Waals surface area contributed by atoms with E-state index < -0.39 is 24.2 Å². The summed E-state index contributed by atoms with van der Waals surface area (Å²) in [6, 6.07) is -1.21. The Labute approximate surface area is 129 Å². The highest BCUT2D eigenvalue weighted by Crippen LogP contribution is 2.33. The van der Waals surface area contributed by atoms with Crippen LogP contribution in [0.2, 0.25) is 5.22 Å². The molecule has 0 radical (unpaired) electrons. The highest BCUT2D eigenvalue weighted by Gasteiger charge is 2.48. The van der Waals surface area contributed by atoms with E-state index >= 15 is 0 Å². The van der Waals surface area contributed by atoms with Crippen LogP contribution < -0.4 is 5.32 Å². The van der Waals surface area contributed by atoms with Gasteiger partial charge in [0.1, 0.15) is 6.04 Å². The Morgan fingerprint density at radius 1 is 1.41 bits per heavy atom. The molecule has 2 atom stereocenters. The summed E-state index contributed by atoms with van der Waals surface area (Å²) in [7, 11) is 0. The van der Waals surface area contributed by atoms with Crippen molar-refractivity contribution < 1.29 is 27.2 Å². The minimum absolute atomic E-state index is 0.126. The number of nitrogens with zero attached hydrogens (tertiary/aromatic N) is 1. The second-order valence-corrected chi connectivity index (χ2v) is 5.44. The average molecular weight is 339 g/mol. The van der Waals surface area contributed by atoms with E-state index in [0.717, 1.165) is 6.26 Å². The lowest BCUT2D eigenvalue weighted by atomic mass is 9.97. The second kappa shape index (κ2) is 6.20. The number of amides is 2. The molecule has 1 fully saturated rings. The number of likely N-dealkylation sites (tertiary alicyclic amines) is 1. The van der Waals surface area contributed by atoms with E-state index in [1.54, 1.807) is 0 Å². The minimum atomic E-state index is -4.55. The molecule has 122 valence electrons. The van der Waals surface area contributed by atoms with Gasteiger partial charge in [-0.3, -0.25) is 9.59 Å². The lowest BCUT2D eigenvalue weighted by Crippen LogP contribution is -2.58. The molecule has 5 nitrogen and oxygen atoms in total. The van der Waals surface area contributed by atoms with Crippen molar-refractivity contribution in [3.63, 3.8) is 0 Å². The zero-order chi connectivity index (χ0) is 16.5. The number of hydrogen-bond donors (Lipinski definition) is 1. The van der Waals surface area contributed by atoms with Crippen LogP contribution in [0, 0.1) is 0 Å². The first-order valence-electron chi connectivity index (χ1n) is 6.58. The fraction of sp³-hybridized carbons (Fsp3) is 0.538. The summed E-state index contributed by atoms with van der Waals surface area (Å²) in [5.74, 6) is -1.22. The summed E-state index contributed by atoms with van der Waals surface area (Å²) in [4.78, 5) is 24.1. The predicted molar refractivity (Wildman–Crippen MR) is 71.4 cm³/mol. The standard InChI is InChI=1S/C13H14ClF3N2O3/c1-7(20)18-8-2-3-10(13(15,16)17)19(6-8)12(21)9-4-5-22-11(9)14/h4-5,8,10H,2-3,6H2,1H3,(H,18,20)/t8-,10-/m1/s1. The Morgan fingerprint density at radius 3 is 2.59 bits per heavy atom. The molecule has 0 spiro atoms. The van der Waals surface area contributed by atoms with Gasteiger partial charge in [-0.2, -0.15) is 13.2 Å². The molecule has 0 bridgehead atoms. The van der Waals surface area contributed by atoms with Gasteiger partial charge in [-0.05, 0) is 30.5 Å². The van der Waals surface area contributed by atoms with Gasteiger partial charge in [-0.25, -0.2) is 0 Å². The zero-order valence-electron chi connectivity index (χ0n) is 11.6. The Bertz CT molecular complexity index is 573. The van der Waals surface area contributed by atoms with Gasteiger partial charge in [0, 0.05) is 19.5 Å². The van der Waals surface area contributed by atoms with Crippen LogP contribution in [0.5, 0.6) is 0 Å².